The first-order chi connectivity index (χ1) is 11.9. The van der Waals surface area contributed by atoms with Crippen LogP contribution in [0.4, 0.5) is 61.5 Å². The maximum Gasteiger partial charge on any atom is 0.459 e. The molecule has 0 bridgehead atoms. The Morgan fingerprint density at radius 2 is 0.679 bits per heavy atom. The normalized spacial score (nSPS) is 17.8. The minimum atomic E-state index is -6.91. The molecule has 0 spiro atoms. The highest BCUT2D eigenvalue weighted by molar-refractivity contribution is 4.99. The average molecular weight is 456 g/mol. The zero-order valence-corrected chi connectivity index (χ0v) is 12.8. The second-order valence-electron chi connectivity index (χ2n) is 5.55. The summed E-state index contributed by atoms with van der Waals surface area (Å²) in [7, 11) is 0. The third-order valence-corrected chi connectivity index (χ3v) is 3.38. The van der Waals surface area contributed by atoms with Crippen LogP contribution in [0.3, 0.4) is 0 Å². The van der Waals surface area contributed by atoms with Crippen molar-refractivity contribution >= 4 is 0 Å². The fourth-order valence-corrected chi connectivity index (χ4v) is 1.70. The third-order valence-electron chi connectivity index (χ3n) is 3.38. The molecule has 0 amide bonds. The van der Waals surface area contributed by atoms with Gasteiger partial charge in [0.2, 0.25) is 0 Å². The van der Waals surface area contributed by atoms with Crippen molar-refractivity contribution in [2.45, 2.75) is 67.2 Å². The van der Waals surface area contributed by atoms with E-state index in [1.165, 1.54) is 0 Å². The quantitative estimate of drug-likeness (QED) is 0.491. The summed E-state index contributed by atoms with van der Waals surface area (Å²) >= 11 is 0. The predicted octanol–water partition coefficient (Wildman–Crippen LogP) is 3.52. The maximum absolute atomic E-state index is 13.1. The van der Waals surface area contributed by atoms with Crippen LogP contribution in [0.15, 0.2) is 0 Å². The van der Waals surface area contributed by atoms with Gasteiger partial charge in [0.25, 0.3) is 0 Å². The van der Waals surface area contributed by atoms with E-state index in [1.54, 1.807) is 0 Å². The molecule has 0 radical (unpaired) electrons. The van der Waals surface area contributed by atoms with Crippen LogP contribution >= 0.6 is 0 Å². The average Bonchev–Trinajstić information content (AvgIpc) is 2.43. The van der Waals surface area contributed by atoms with E-state index in [9.17, 15) is 61.5 Å². The van der Waals surface area contributed by atoms with Crippen molar-refractivity contribution in [3.8, 4) is 0 Å². The van der Waals surface area contributed by atoms with Gasteiger partial charge in [-0.3, -0.25) is 0 Å². The molecule has 3 N–H and O–H groups in total. The number of aliphatic hydroxyl groups excluding tert-OH is 3. The van der Waals surface area contributed by atoms with Crippen LogP contribution in [-0.4, -0.2) is 69.7 Å². The van der Waals surface area contributed by atoms with E-state index in [0.29, 0.717) is 0 Å². The van der Waals surface area contributed by atoms with E-state index in [2.05, 4.69) is 0 Å². The number of halogens is 14. The SMILES string of the molecule is OC(C[C@@H](O)C(F)(F)C(F)(F)C(F)(F)F)C[C@@H](O)C(F)(F)C(F)(F)C(F)(F)F. The summed E-state index contributed by atoms with van der Waals surface area (Å²) < 4.78 is 174. The highest BCUT2D eigenvalue weighted by Gasteiger charge is 2.76. The Bertz CT molecular complexity index is 480. The molecule has 0 aromatic heterocycles. The molecule has 0 saturated heterocycles. The van der Waals surface area contributed by atoms with Crippen LogP contribution in [0.1, 0.15) is 12.8 Å². The molecule has 0 aliphatic carbocycles. The predicted molar refractivity (Wildman–Crippen MR) is 59.2 cm³/mol. The summed E-state index contributed by atoms with van der Waals surface area (Å²) in [6, 6.07) is 0. The van der Waals surface area contributed by atoms with Crippen molar-refractivity contribution in [1.82, 2.24) is 0 Å². The molecule has 0 aliphatic rings. The fourth-order valence-electron chi connectivity index (χ4n) is 1.70. The molecule has 0 fully saturated rings. The van der Waals surface area contributed by atoms with Crippen molar-refractivity contribution in [2.24, 2.45) is 0 Å². The second kappa shape index (κ2) is 7.62. The van der Waals surface area contributed by atoms with Crippen molar-refractivity contribution < 1.29 is 76.8 Å². The summed E-state index contributed by atoms with van der Waals surface area (Å²) in [5, 5.41) is 26.5. The molecule has 0 unspecified atom stereocenters. The molecule has 0 heterocycles. The lowest BCUT2D eigenvalue weighted by molar-refractivity contribution is -0.374. The Balaban J connectivity index is 5.33. The second-order valence-corrected chi connectivity index (χ2v) is 5.55. The van der Waals surface area contributed by atoms with E-state index in [-0.39, 0.29) is 0 Å². The van der Waals surface area contributed by atoms with Gasteiger partial charge in [-0.15, -0.1) is 0 Å². The zero-order valence-electron chi connectivity index (χ0n) is 12.8. The molecule has 3 nitrogen and oxygen atoms in total. The molecule has 0 aromatic rings. The summed E-state index contributed by atoms with van der Waals surface area (Å²) in [6.07, 6.45) is -29.8. The number of hydrogen-bond donors (Lipinski definition) is 3. The standard InChI is InChI=1S/C11H10F14O3/c12-6(13,8(16,17)10(20,21)22)4(27)1-3(26)2-5(28)7(14,15)9(18,19)11(23,24)25/h3-5,26-28H,1-2H2/t4-,5-/m1/s1. The van der Waals surface area contributed by atoms with Crippen LogP contribution in [0, 0.1) is 0 Å². The molecule has 28 heavy (non-hydrogen) atoms. The summed E-state index contributed by atoms with van der Waals surface area (Å²) in [5.41, 5.74) is 0. The van der Waals surface area contributed by atoms with Gasteiger partial charge in [0.05, 0.1) is 6.10 Å². The number of alkyl halides is 14. The van der Waals surface area contributed by atoms with Gasteiger partial charge in [0.15, 0.2) is 0 Å². The van der Waals surface area contributed by atoms with Gasteiger partial charge in [-0.1, -0.05) is 0 Å². The molecule has 17 heteroatoms. The van der Waals surface area contributed by atoms with E-state index in [0.717, 1.165) is 0 Å². The summed E-state index contributed by atoms with van der Waals surface area (Å²) in [4.78, 5) is 0. The van der Waals surface area contributed by atoms with Gasteiger partial charge < -0.3 is 15.3 Å². The summed E-state index contributed by atoms with van der Waals surface area (Å²) in [5.74, 6) is -26.5. The third kappa shape index (κ3) is 4.72. The Morgan fingerprint density at radius 3 is 0.857 bits per heavy atom. The first kappa shape index (κ1) is 26.9. The van der Waals surface area contributed by atoms with Crippen LogP contribution in [0.2, 0.25) is 0 Å². The molecule has 0 rings (SSSR count). The largest absolute Gasteiger partial charge is 0.459 e. The lowest BCUT2D eigenvalue weighted by Gasteiger charge is -2.34. The molecule has 0 aliphatic heterocycles. The molecular formula is C11H10F14O3. The van der Waals surface area contributed by atoms with Gasteiger partial charge in [-0.25, -0.2) is 0 Å². The molecule has 0 saturated carbocycles. The number of aliphatic hydroxyl groups is 3. The highest BCUT2D eigenvalue weighted by Crippen LogP contribution is 2.50. The lowest BCUT2D eigenvalue weighted by Crippen LogP contribution is -2.59. The maximum atomic E-state index is 13.1. The lowest BCUT2D eigenvalue weighted by atomic mass is 9.94. The monoisotopic (exact) mass is 456 g/mol. The highest BCUT2D eigenvalue weighted by atomic mass is 19.4. The van der Waals surface area contributed by atoms with Crippen molar-refractivity contribution in [1.29, 1.82) is 0 Å². The smallest absolute Gasteiger partial charge is 0.393 e. The number of rotatable bonds is 8. The first-order valence-electron chi connectivity index (χ1n) is 6.63. The molecule has 170 valence electrons. The van der Waals surface area contributed by atoms with Gasteiger partial charge in [-0.2, -0.15) is 61.5 Å². The van der Waals surface area contributed by atoms with Gasteiger partial charge in [-0.05, 0) is 0 Å². The van der Waals surface area contributed by atoms with Crippen LogP contribution in [0.25, 0.3) is 0 Å². The Kier molecular flexibility index (Phi) is 7.32. The van der Waals surface area contributed by atoms with Gasteiger partial charge in [0.1, 0.15) is 12.2 Å². The topological polar surface area (TPSA) is 60.7 Å². The van der Waals surface area contributed by atoms with Gasteiger partial charge in [0, 0.05) is 12.8 Å². The van der Waals surface area contributed by atoms with Gasteiger partial charge >= 0.3 is 36.0 Å². The van der Waals surface area contributed by atoms with Crippen molar-refractivity contribution in [3.63, 3.8) is 0 Å². The van der Waals surface area contributed by atoms with Crippen molar-refractivity contribution in [2.75, 3.05) is 0 Å². The Morgan fingerprint density at radius 1 is 0.464 bits per heavy atom. The number of hydrogen-bond acceptors (Lipinski definition) is 3. The summed E-state index contributed by atoms with van der Waals surface area (Å²) in [6.45, 7) is 0. The fraction of sp³-hybridized carbons (Fsp3) is 1.00. The molecule has 0 aromatic carbocycles. The van der Waals surface area contributed by atoms with E-state index < -0.39 is 67.2 Å². The van der Waals surface area contributed by atoms with E-state index in [4.69, 9.17) is 15.3 Å². The Labute approximate surface area is 145 Å². The molecule has 2 atom stereocenters. The Hall–Kier alpha value is -1.10. The van der Waals surface area contributed by atoms with E-state index in [1.807, 2.05) is 0 Å². The first-order valence-corrected chi connectivity index (χ1v) is 6.63. The minimum absolute atomic E-state index is 2.32. The van der Waals surface area contributed by atoms with Crippen LogP contribution < -0.4 is 0 Å². The van der Waals surface area contributed by atoms with Crippen LogP contribution in [-0.2, 0) is 0 Å². The van der Waals surface area contributed by atoms with Crippen molar-refractivity contribution in [3.05, 3.63) is 0 Å². The molecular weight excluding hydrogens is 446 g/mol. The van der Waals surface area contributed by atoms with E-state index >= 15 is 0 Å². The minimum Gasteiger partial charge on any atom is -0.393 e. The zero-order chi connectivity index (χ0) is 23.1. The van der Waals surface area contributed by atoms with Crippen LogP contribution in [0.5, 0.6) is 0 Å².